The molecular weight excluding hydrogens is 330 g/mol. The zero-order chi connectivity index (χ0) is 18.4. The van der Waals surface area contributed by atoms with Crippen molar-refractivity contribution < 1.29 is 14.8 Å². The summed E-state index contributed by atoms with van der Waals surface area (Å²) in [6.07, 6.45) is 8.64. The number of aryl methyl sites for hydroxylation is 1. The van der Waals surface area contributed by atoms with E-state index in [1.165, 1.54) is 24.0 Å². The van der Waals surface area contributed by atoms with Gasteiger partial charge in [0.15, 0.2) is 0 Å². The number of nitrogens with one attached hydrogen (secondary N) is 2. The molecule has 0 bridgehead atoms. The summed E-state index contributed by atoms with van der Waals surface area (Å²) in [5, 5.41) is 11.6. The monoisotopic (exact) mass is 359 g/mol. The van der Waals surface area contributed by atoms with E-state index < -0.39 is 0 Å². The molecule has 6 nitrogen and oxygen atoms in total. The number of fused-ring (bicyclic) bond motifs is 1. The molecule has 0 spiro atoms. The van der Waals surface area contributed by atoms with Gasteiger partial charge in [-0.15, -0.1) is 0 Å². The molecule has 1 aliphatic heterocycles. The minimum absolute atomic E-state index is 0.00193. The first-order valence-corrected chi connectivity index (χ1v) is 9.77. The third-order valence-electron chi connectivity index (χ3n) is 5.68. The SMILES string of the molecule is O=C(CCCC1CCN(C(=O)Nc2cccc3c2CCCC3)CC1)NO. The molecule has 2 aliphatic rings. The molecule has 142 valence electrons. The molecule has 0 radical (unpaired) electrons. The zero-order valence-corrected chi connectivity index (χ0v) is 15.3. The summed E-state index contributed by atoms with van der Waals surface area (Å²) >= 11 is 0. The van der Waals surface area contributed by atoms with Gasteiger partial charge in [0.25, 0.3) is 0 Å². The molecule has 1 aromatic rings. The van der Waals surface area contributed by atoms with Gasteiger partial charge in [0.2, 0.25) is 5.91 Å². The Morgan fingerprint density at radius 2 is 1.92 bits per heavy atom. The second kappa shape index (κ2) is 9.03. The predicted octanol–water partition coefficient (Wildman–Crippen LogP) is 3.49. The molecule has 0 unspecified atom stereocenters. The van der Waals surface area contributed by atoms with Crippen molar-refractivity contribution in [2.45, 2.75) is 57.8 Å². The van der Waals surface area contributed by atoms with Gasteiger partial charge in [-0.25, -0.2) is 10.3 Å². The topological polar surface area (TPSA) is 81.7 Å². The number of hydroxylamine groups is 1. The molecule has 6 heteroatoms. The van der Waals surface area contributed by atoms with E-state index in [1.54, 1.807) is 5.48 Å². The number of carbonyl (C=O) groups is 2. The average molecular weight is 359 g/mol. The molecule has 3 rings (SSSR count). The molecule has 0 atom stereocenters. The van der Waals surface area contributed by atoms with E-state index in [1.807, 2.05) is 17.0 Å². The summed E-state index contributed by atoms with van der Waals surface area (Å²) < 4.78 is 0. The van der Waals surface area contributed by atoms with Crippen LogP contribution in [0.2, 0.25) is 0 Å². The molecule has 1 heterocycles. The number of rotatable bonds is 5. The van der Waals surface area contributed by atoms with Gasteiger partial charge in [-0.3, -0.25) is 10.0 Å². The number of carbonyl (C=O) groups excluding carboxylic acids is 2. The van der Waals surface area contributed by atoms with Crippen LogP contribution in [0.4, 0.5) is 10.5 Å². The van der Waals surface area contributed by atoms with E-state index in [0.29, 0.717) is 12.3 Å². The Hall–Kier alpha value is -2.08. The molecule has 1 aliphatic carbocycles. The lowest BCUT2D eigenvalue weighted by atomic mass is 9.90. The van der Waals surface area contributed by atoms with Crippen LogP contribution in [0.5, 0.6) is 0 Å². The van der Waals surface area contributed by atoms with E-state index in [2.05, 4.69) is 11.4 Å². The Kier molecular flexibility index (Phi) is 6.50. The summed E-state index contributed by atoms with van der Waals surface area (Å²) in [5.41, 5.74) is 5.33. The van der Waals surface area contributed by atoms with Gasteiger partial charge in [0.05, 0.1) is 0 Å². The highest BCUT2D eigenvalue weighted by Crippen LogP contribution is 2.29. The summed E-state index contributed by atoms with van der Waals surface area (Å²) in [5.74, 6) is 0.225. The highest BCUT2D eigenvalue weighted by molar-refractivity contribution is 5.90. The Balaban J connectivity index is 1.46. The second-order valence-electron chi connectivity index (χ2n) is 7.44. The molecule has 0 saturated carbocycles. The van der Waals surface area contributed by atoms with E-state index in [4.69, 9.17) is 5.21 Å². The van der Waals surface area contributed by atoms with Crippen molar-refractivity contribution in [1.29, 1.82) is 0 Å². The van der Waals surface area contributed by atoms with Gasteiger partial charge in [-0.1, -0.05) is 12.1 Å². The lowest BCUT2D eigenvalue weighted by Gasteiger charge is -2.32. The maximum absolute atomic E-state index is 12.6. The zero-order valence-electron chi connectivity index (χ0n) is 15.3. The van der Waals surface area contributed by atoms with Crippen LogP contribution in [0, 0.1) is 5.92 Å². The van der Waals surface area contributed by atoms with Crippen LogP contribution in [0.1, 0.15) is 56.1 Å². The molecule has 1 saturated heterocycles. The second-order valence-corrected chi connectivity index (χ2v) is 7.44. The first-order valence-electron chi connectivity index (χ1n) is 9.77. The molecule has 0 aromatic heterocycles. The number of piperidine rings is 1. The van der Waals surface area contributed by atoms with Crippen LogP contribution in [0.3, 0.4) is 0 Å². The lowest BCUT2D eigenvalue weighted by Crippen LogP contribution is -2.41. The van der Waals surface area contributed by atoms with Crippen LogP contribution in [-0.4, -0.2) is 35.1 Å². The van der Waals surface area contributed by atoms with Crippen molar-refractivity contribution in [3.05, 3.63) is 29.3 Å². The fraction of sp³-hybridized carbons (Fsp3) is 0.600. The van der Waals surface area contributed by atoms with E-state index in [9.17, 15) is 9.59 Å². The van der Waals surface area contributed by atoms with E-state index in [-0.39, 0.29) is 11.9 Å². The van der Waals surface area contributed by atoms with Crippen LogP contribution < -0.4 is 10.8 Å². The maximum atomic E-state index is 12.6. The standard InChI is InChI=1S/C20H29N3O3/c24-19(22-26)10-3-5-15-11-13-23(14-12-15)20(25)21-18-9-4-7-16-6-1-2-8-17(16)18/h4,7,9,15,26H,1-3,5-6,8,10-14H2,(H,21,25)(H,22,24). The Morgan fingerprint density at radius 3 is 2.69 bits per heavy atom. The van der Waals surface area contributed by atoms with Crippen LogP contribution in [0.15, 0.2) is 18.2 Å². The summed E-state index contributed by atoms with van der Waals surface area (Å²) in [6, 6.07) is 6.23. The highest BCUT2D eigenvalue weighted by Gasteiger charge is 2.23. The Morgan fingerprint density at radius 1 is 1.15 bits per heavy atom. The fourth-order valence-corrected chi connectivity index (χ4v) is 4.12. The molecule has 1 fully saturated rings. The van der Waals surface area contributed by atoms with Crippen molar-refractivity contribution in [2.24, 2.45) is 5.92 Å². The quantitative estimate of drug-likeness (QED) is 0.556. The number of urea groups is 1. The number of nitrogens with zero attached hydrogens (tertiary/aromatic N) is 1. The first-order chi connectivity index (χ1) is 12.7. The number of amides is 3. The van der Waals surface area contributed by atoms with Crippen molar-refractivity contribution in [2.75, 3.05) is 18.4 Å². The van der Waals surface area contributed by atoms with Crippen molar-refractivity contribution in [3.8, 4) is 0 Å². The predicted molar refractivity (Wildman–Crippen MR) is 100 cm³/mol. The maximum Gasteiger partial charge on any atom is 0.321 e. The van der Waals surface area contributed by atoms with Crippen LogP contribution >= 0.6 is 0 Å². The van der Waals surface area contributed by atoms with Gasteiger partial charge in [-0.05, 0) is 74.5 Å². The molecule has 3 N–H and O–H groups in total. The van der Waals surface area contributed by atoms with Crippen LogP contribution in [-0.2, 0) is 17.6 Å². The molecule has 3 amide bonds. The normalized spacial score (nSPS) is 17.5. The van der Waals surface area contributed by atoms with Gasteiger partial charge in [0, 0.05) is 25.2 Å². The minimum atomic E-state index is -0.326. The summed E-state index contributed by atoms with van der Waals surface area (Å²) in [6.45, 7) is 1.52. The van der Waals surface area contributed by atoms with Gasteiger partial charge in [0.1, 0.15) is 0 Å². The van der Waals surface area contributed by atoms with Crippen molar-refractivity contribution >= 4 is 17.6 Å². The highest BCUT2D eigenvalue weighted by atomic mass is 16.5. The minimum Gasteiger partial charge on any atom is -0.325 e. The Labute approximate surface area is 154 Å². The molecule has 1 aromatic carbocycles. The third kappa shape index (κ3) is 4.75. The lowest BCUT2D eigenvalue weighted by molar-refractivity contribution is -0.129. The van der Waals surface area contributed by atoms with E-state index in [0.717, 1.165) is 57.3 Å². The number of hydrogen-bond acceptors (Lipinski definition) is 3. The number of hydrogen-bond donors (Lipinski definition) is 3. The van der Waals surface area contributed by atoms with Crippen LogP contribution in [0.25, 0.3) is 0 Å². The molecular formula is C20H29N3O3. The average Bonchev–Trinajstić information content (AvgIpc) is 2.68. The number of anilines is 1. The van der Waals surface area contributed by atoms with E-state index >= 15 is 0 Å². The van der Waals surface area contributed by atoms with Gasteiger partial charge >= 0.3 is 6.03 Å². The first kappa shape index (κ1) is 18.7. The third-order valence-corrected chi connectivity index (χ3v) is 5.68. The summed E-state index contributed by atoms with van der Waals surface area (Å²) in [7, 11) is 0. The number of benzene rings is 1. The molecule has 26 heavy (non-hydrogen) atoms. The smallest absolute Gasteiger partial charge is 0.321 e. The van der Waals surface area contributed by atoms with Gasteiger partial charge in [-0.2, -0.15) is 0 Å². The fourth-order valence-electron chi connectivity index (χ4n) is 4.12. The van der Waals surface area contributed by atoms with Gasteiger partial charge < -0.3 is 10.2 Å². The largest absolute Gasteiger partial charge is 0.325 e. The summed E-state index contributed by atoms with van der Waals surface area (Å²) in [4.78, 5) is 25.6. The Bertz CT molecular complexity index is 639. The number of likely N-dealkylation sites (tertiary alicyclic amines) is 1. The van der Waals surface area contributed by atoms with Crippen molar-refractivity contribution in [3.63, 3.8) is 0 Å². The van der Waals surface area contributed by atoms with Crippen molar-refractivity contribution in [1.82, 2.24) is 10.4 Å².